The van der Waals surface area contributed by atoms with Crippen LogP contribution in [0.3, 0.4) is 0 Å². The van der Waals surface area contributed by atoms with Gasteiger partial charge in [0, 0.05) is 41.1 Å². The maximum Gasteiger partial charge on any atom is 0.139 e. The third-order valence-corrected chi connectivity index (χ3v) is 6.95. The van der Waals surface area contributed by atoms with E-state index < -0.39 is 5.60 Å². The van der Waals surface area contributed by atoms with Crippen LogP contribution in [-0.4, -0.2) is 36.9 Å². The van der Waals surface area contributed by atoms with Crippen molar-refractivity contribution < 1.29 is 5.11 Å². The fraction of sp³-hybridized carbons (Fsp3) is 0.500. The number of aromatic amines is 2. The van der Waals surface area contributed by atoms with Crippen LogP contribution in [0, 0.1) is 17.8 Å². The van der Waals surface area contributed by atoms with Gasteiger partial charge in [0.1, 0.15) is 5.65 Å². The molecule has 0 saturated heterocycles. The molecule has 3 heterocycles. The van der Waals surface area contributed by atoms with Gasteiger partial charge in [0.05, 0.1) is 17.5 Å². The van der Waals surface area contributed by atoms with Crippen LogP contribution in [0.4, 0.5) is 5.69 Å². The number of H-pyrrole nitrogens is 2. The summed E-state index contributed by atoms with van der Waals surface area (Å²) in [6.45, 7) is 0. The van der Waals surface area contributed by atoms with Gasteiger partial charge in [-0.1, -0.05) is 0 Å². The normalized spacial score (nSPS) is 35.3. The molecular formula is C20H23N5O. The van der Waals surface area contributed by atoms with E-state index in [0.717, 1.165) is 47.1 Å². The maximum atomic E-state index is 10.9. The highest BCUT2D eigenvalue weighted by atomic mass is 16.3. The molecule has 7 rings (SSSR count). The van der Waals surface area contributed by atoms with Crippen LogP contribution in [-0.2, 0) is 0 Å². The fourth-order valence-corrected chi connectivity index (χ4v) is 6.16. The van der Waals surface area contributed by atoms with Gasteiger partial charge < -0.3 is 15.4 Å². The topological polar surface area (TPSA) is 89.6 Å². The summed E-state index contributed by atoms with van der Waals surface area (Å²) >= 11 is 0. The lowest BCUT2D eigenvalue weighted by Crippen LogP contribution is -2.59. The van der Waals surface area contributed by atoms with Gasteiger partial charge in [-0.15, -0.1) is 0 Å². The molecule has 4 fully saturated rings. The predicted octanol–water partition coefficient (Wildman–Crippen LogP) is 3.30. The summed E-state index contributed by atoms with van der Waals surface area (Å²) in [6, 6.07) is 2.52. The number of anilines is 1. The number of hydrogen-bond acceptors (Lipinski definition) is 4. The highest BCUT2D eigenvalue weighted by molar-refractivity contribution is 5.98. The van der Waals surface area contributed by atoms with E-state index >= 15 is 0 Å². The molecule has 2 unspecified atom stereocenters. The van der Waals surface area contributed by atoms with Crippen molar-refractivity contribution in [2.45, 2.75) is 43.7 Å². The molecule has 4 saturated carbocycles. The van der Waals surface area contributed by atoms with Crippen LogP contribution in [0.15, 0.2) is 30.9 Å². The first kappa shape index (κ1) is 14.8. The number of hydrogen-bond donors (Lipinski definition) is 4. The van der Waals surface area contributed by atoms with Crippen molar-refractivity contribution in [3.05, 3.63) is 30.9 Å². The van der Waals surface area contributed by atoms with E-state index in [1.807, 2.05) is 24.8 Å². The highest BCUT2D eigenvalue weighted by Crippen LogP contribution is 2.56. The number of rotatable bonds is 3. The zero-order valence-corrected chi connectivity index (χ0v) is 14.6. The van der Waals surface area contributed by atoms with E-state index in [9.17, 15) is 5.11 Å². The second-order valence-electron chi connectivity index (χ2n) is 8.64. The third kappa shape index (κ3) is 2.08. The largest absolute Gasteiger partial charge is 0.390 e. The number of nitrogens with one attached hydrogen (secondary N) is 3. The quantitative estimate of drug-likeness (QED) is 0.584. The first-order valence-corrected chi connectivity index (χ1v) is 9.63. The lowest BCUT2D eigenvalue weighted by atomic mass is 9.52. The molecule has 0 radical (unpaired) electrons. The van der Waals surface area contributed by atoms with Gasteiger partial charge in [-0.05, 0) is 55.9 Å². The Bertz CT molecular complexity index is 946. The molecule has 2 atom stereocenters. The smallest absolute Gasteiger partial charge is 0.139 e. The molecule has 6 nitrogen and oxygen atoms in total. The minimum absolute atomic E-state index is 0.399. The molecule has 0 spiro atoms. The van der Waals surface area contributed by atoms with Crippen molar-refractivity contribution in [2.24, 2.45) is 17.8 Å². The Morgan fingerprint density at radius 1 is 1.15 bits per heavy atom. The minimum atomic E-state index is -0.399. The van der Waals surface area contributed by atoms with Gasteiger partial charge in [-0.2, -0.15) is 5.10 Å². The first-order chi connectivity index (χ1) is 12.7. The SMILES string of the molecule is OC12CC3CC(C1)C(Nc1c(-c4cn[nH]c4)cnc4[nH]ccc14)C(C3)C2. The summed E-state index contributed by atoms with van der Waals surface area (Å²) in [5.41, 5.74) is 3.78. The van der Waals surface area contributed by atoms with E-state index in [4.69, 9.17) is 0 Å². The summed E-state index contributed by atoms with van der Waals surface area (Å²) in [5.74, 6) is 1.84. The van der Waals surface area contributed by atoms with Crippen LogP contribution in [0.1, 0.15) is 32.1 Å². The Hall–Kier alpha value is -2.34. The molecule has 4 aliphatic rings. The van der Waals surface area contributed by atoms with Gasteiger partial charge in [-0.25, -0.2) is 4.98 Å². The summed E-state index contributed by atoms with van der Waals surface area (Å²) in [5, 5.41) is 22.9. The van der Waals surface area contributed by atoms with E-state index in [1.54, 1.807) is 0 Å². The predicted molar refractivity (Wildman–Crippen MR) is 99.6 cm³/mol. The summed E-state index contributed by atoms with van der Waals surface area (Å²) in [4.78, 5) is 7.80. The second kappa shape index (κ2) is 5.10. The second-order valence-corrected chi connectivity index (χ2v) is 8.64. The Balaban J connectivity index is 1.43. The van der Waals surface area contributed by atoms with Crippen molar-refractivity contribution in [3.63, 3.8) is 0 Å². The zero-order valence-electron chi connectivity index (χ0n) is 14.6. The van der Waals surface area contributed by atoms with E-state index in [0.29, 0.717) is 23.8 Å². The third-order valence-electron chi connectivity index (χ3n) is 6.95. The Labute approximate surface area is 151 Å². The van der Waals surface area contributed by atoms with E-state index in [1.165, 1.54) is 12.8 Å². The molecule has 0 amide bonds. The monoisotopic (exact) mass is 349 g/mol. The number of pyridine rings is 1. The molecule has 134 valence electrons. The van der Waals surface area contributed by atoms with Crippen molar-refractivity contribution in [3.8, 4) is 11.1 Å². The number of aliphatic hydroxyl groups is 1. The first-order valence-electron chi connectivity index (χ1n) is 9.63. The standard InChI is InChI=1S/C20H23N5O/c26-20-5-11-3-12(6-20)17(13(4-11)7-20)25-18-15-1-2-21-19(15)22-10-16(18)14-8-23-24-9-14/h1-2,8-13,17,26H,3-7H2,(H,23,24)(H2,21,22,25). The maximum absolute atomic E-state index is 10.9. The van der Waals surface area contributed by atoms with Crippen molar-refractivity contribution in [2.75, 3.05) is 5.32 Å². The van der Waals surface area contributed by atoms with Gasteiger partial charge >= 0.3 is 0 Å². The van der Waals surface area contributed by atoms with E-state index in [2.05, 4.69) is 31.5 Å². The van der Waals surface area contributed by atoms with Gasteiger partial charge in [-0.3, -0.25) is 5.10 Å². The average Bonchev–Trinajstić information content (AvgIpc) is 3.27. The molecule has 3 aromatic heterocycles. The van der Waals surface area contributed by atoms with Crippen LogP contribution < -0.4 is 5.32 Å². The summed E-state index contributed by atoms with van der Waals surface area (Å²) in [6.07, 6.45) is 13.0. The molecule has 3 aromatic rings. The van der Waals surface area contributed by atoms with Gasteiger partial charge in [0.25, 0.3) is 0 Å². The minimum Gasteiger partial charge on any atom is -0.390 e. The van der Waals surface area contributed by atoms with Gasteiger partial charge in [0.15, 0.2) is 0 Å². The molecular weight excluding hydrogens is 326 g/mol. The van der Waals surface area contributed by atoms with Crippen LogP contribution in [0.5, 0.6) is 0 Å². The van der Waals surface area contributed by atoms with Crippen LogP contribution in [0.2, 0.25) is 0 Å². The molecule has 0 aromatic carbocycles. The number of fused-ring (bicyclic) bond motifs is 1. The van der Waals surface area contributed by atoms with Crippen molar-refractivity contribution >= 4 is 16.7 Å². The number of aromatic nitrogens is 4. The number of nitrogens with zero attached hydrogens (tertiary/aromatic N) is 2. The fourth-order valence-electron chi connectivity index (χ4n) is 6.16. The summed E-state index contributed by atoms with van der Waals surface area (Å²) in [7, 11) is 0. The molecule has 26 heavy (non-hydrogen) atoms. The Kier molecular flexibility index (Phi) is 2.90. The average molecular weight is 349 g/mol. The molecule has 4 aliphatic carbocycles. The molecule has 0 aliphatic heterocycles. The highest BCUT2D eigenvalue weighted by Gasteiger charge is 2.54. The zero-order chi connectivity index (χ0) is 17.3. The summed E-state index contributed by atoms with van der Waals surface area (Å²) < 4.78 is 0. The van der Waals surface area contributed by atoms with Gasteiger partial charge in [0.2, 0.25) is 0 Å². The lowest BCUT2D eigenvalue weighted by molar-refractivity contribution is -0.129. The van der Waals surface area contributed by atoms with Crippen molar-refractivity contribution in [1.29, 1.82) is 0 Å². The van der Waals surface area contributed by atoms with Crippen LogP contribution in [0.25, 0.3) is 22.2 Å². The molecule has 6 heteroatoms. The Morgan fingerprint density at radius 3 is 2.73 bits per heavy atom. The molecule has 4 N–H and O–H groups in total. The lowest BCUT2D eigenvalue weighted by Gasteiger charge is -2.58. The van der Waals surface area contributed by atoms with E-state index in [-0.39, 0.29) is 0 Å². The van der Waals surface area contributed by atoms with Crippen LogP contribution >= 0.6 is 0 Å². The van der Waals surface area contributed by atoms with Crippen molar-refractivity contribution in [1.82, 2.24) is 20.2 Å². The Morgan fingerprint density at radius 2 is 2.00 bits per heavy atom. The molecule has 4 bridgehead atoms.